The first kappa shape index (κ1) is 24.1. The van der Waals surface area contributed by atoms with Crippen LogP contribution in [0.15, 0.2) is 71.6 Å². The topological polar surface area (TPSA) is 66.5 Å². The Bertz CT molecular complexity index is 1200. The van der Waals surface area contributed by atoms with E-state index in [1.165, 1.54) is 71.6 Å². The molecule has 0 aliphatic rings. The molecule has 5 nitrogen and oxygen atoms in total. The van der Waals surface area contributed by atoms with Gasteiger partial charge in [0.25, 0.3) is 5.91 Å². The number of sulfonamides is 1. The Morgan fingerprint density at radius 2 is 1.50 bits per heavy atom. The van der Waals surface area contributed by atoms with Crippen LogP contribution in [0.5, 0.6) is 0 Å². The van der Waals surface area contributed by atoms with Crippen LogP contribution in [-0.4, -0.2) is 27.4 Å². The van der Waals surface area contributed by atoms with Gasteiger partial charge in [-0.15, -0.1) is 0 Å². The lowest BCUT2D eigenvalue weighted by Gasteiger charge is -2.23. The largest absolute Gasteiger partial charge is 0.308 e. The van der Waals surface area contributed by atoms with Crippen molar-refractivity contribution in [3.63, 3.8) is 0 Å². The van der Waals surface area contributed by atoms with Crippen molar-refractivity contribution in [2.24, 2.45) is 0 Å². The van der Waals surface area contributed by atoms with E-state index in [1.807, 2.05) is 0 Å². The number of amides is 1. The summed E-state index contributed by atoms with van der Waals surface area (Å²) in [5.41, 5.74) is 0.656. The smallest absolute Gasteiger partial charge is 0.258 e. The molecule has 0 fully saturated rings. The van der Waals surface area contributed by atoms with Crippen molar-refractivity contribution in [3.05, 3.63) is 94.0 Å². The molecule has 0 aliphatic heterocycles. The number of hydrogen-bond donors (Lipinski definition) is 1. The van der Waals surface area contributed by atoms with Gasteiger partial charge in [0.05, 0.1) is 5.02 Å². The van der Waals surface area contributed by atoms with Crippen molar-refractivity contribution in [3.8, 4) is 0 Å². The van der Waals surface area contributed by atoms with Crippen LogP contribution in [0.2, 0.25) is 10.0 Å². The van der Waals surface area contributed by atoms with Crippen molar-refractivity contribution in [1.29, 1.82) is 0 Å². The Hall–Kier alpha value is -2.52. The minimum Gasteiger partial charge on any atom is -0.308 e. The van der Waals surface area contributed by atoms with E-state index in [9.17, 15) is 22.0 Å². The number of hydrogen-bond acceptors (Lipinski definition) is 3. The van der Waals surface area contributed by atoms with Crippen LogP contribution in [0.4, 0.5) is 14.5 Å². The lowest BCUT2D eigenvalue weighted by atomic mass is 10.1. The Balaban J connectivity index is 1.72. The molecule has 0 atom stereocenters. The third kappa shape index (κ3) is 6.04. The van der Waals surface area contributed by atoms with E-state index in [0.29, 0.717) is 5.69 Å². The Morgan fingerprint density at radius 1 is 0.906 bits per heavy atom. The fourth-order valence-electron chi connectivity index (χ4n) is 2.92. The fraction of sp³-hybridized carbons (Fsp3) is 0.136. The number of benzene rings is 3. The van der Waals surface area contributed by atoms with Crippen molar-refractivity contribution in [2.75, 3.05) is 18.0 Å². The quantitative estimate of drug-likeness (QED) is 0.429. The van der Waals surface area contributed by atoms with Gasteiger partial charge >= 0.3 is 0 Å². The van der Waals surface area contributed by atoms with Crippen LogP contribution in [0, 0.1) is 11.6 Å². The van der Waals surface area contributed by atoms with Crippen molar-refractivity contribution < 1.29 is 22.0 Å². The van der Waals surface area contributed by atoms with E-state index >= 15 is 0 Å². The van der Waals surface area contributed by atoms with Gasteiger partial charge in [-0.1, -0.05) is 23.2 Å². The van der Waals surface area contributed by atoms with Gasteiger partial charge in [0.2, 0.25) is 10.0 Å². The van der Waals surface area contributed by atoms with Gasteiger partial charge in [-0.05, 0) is 73.2 Å². The van der Waals surface area contributed by atoms with E-state index in [-0.39, 0.29) is 40.0 Å². The summed E-state index contributed by atoms with van der Waals surface area (Å²) in [7, 11) is -3.92. The molecule has 10 heteroatoms. The zero-order valence-electron chi connectivity index (χ0n) is 16.6. The zero-order valence-corrected chi connectivity index (χ0v) is 18.9. The molecule has 0 spiro atoms. The highest BCUT2D eigenvalue weighted by molar-refractivity contribution is 7.89. The first-order valence-electron chi connectivity index (χ1n) is 9.45. The molecule has 3 rings (SSSR count). The molecule has 3 aromatic rings. The summed E-state index contributed by atoms with van der Waals surface area (Å²) >= 11 is 11.8. The van der Waals surface area contributed by atoms with Gasteiger partial charge in [-0.25, -0.2) is 21.9 Å². The second kappa shape index (κ2) is 10.4. The van der Waals surface area contributed by atoms with E-state index in [1.54, 1.807) is 0 Å². The normalized spacial score (nSPS) is 11.4. The SMILES string of the molecule is O=C(c1ccc(F)cc1)N(CCCNS(=O)(=O)c1cc(Cl)ccc1Cl)c1ccc(F)cc1. The summed E-state index contributed by atoms with van der Waals surface area (Å²) in [5, 5.41) is 0.253. The number of nitrogens with zero attached hydrogens (tertiary/aromatic N) is 1. The average Bonchev–Trinajstić information content (AvgIpc) is 2.76. The maximum Gasteiger partial charge on any atom is 0.258 e. The monoisotopic (exact) mass is 498 g/mol. The summed E-state index contributed by atoms with van der Waals surface area (Å²) in [6, 6.07) is 14.4. The maximum absolute atomic E-state index is 13.3. The van der Waals surface area contributed by atoms with Crippen LogP contribution in [-0.2, 0) is 10.0 Å². The molecule has 0 saturated heterocycles. The van der Waals surface area contributed by atoms with Gasteiger partial charge in [-0.3, -0.25) is 4.79 Å². The molecule has 168 valence electrons. The van der Waals surface area contributed by atoms with Crippen LogP contribution in [0.1, 0.15) is 16.8 Å². The first-order valence-corrected chi connectivity index (χ1v) is 11.7. The molecule has 1 amide bonds. The first-order chi connectivity index (χ1) is 15.2. The molecule has 0 radical (unpaired) electrons. The van der Waals surface area contributed by atoms with E-state index in [0.717, 1.165) is 0 Å². The summed E-state index contributed by atoms with van der Waals surface area (Å²) in [4.78, 5) is 14.2. The van der Waals surface area contributed by atoms with E-state index in [4.69, 9.17) is 23.2 Å². The number of carbonyl (C=O) groups excluding carboxylic acids is 1. The minimum atomic E-state index is -3.92. The number of anilines is 1. The fourth-order valence-corrected chi connectivity index (χ4v) is 4.76. The summed E-state index contributed by atoms with van der Waals surface area (Å²) in [5.74, 6) is -1.38. The highest BCUT2D eigenvalue weighted by atomic mass is 35.5. The number of rotatable bonds is 8. The standard InChI is InChI=1S/C22H18Cl2F2N2O3S/c23-16-4-11-20(24)21(14-16)32(30,31)27-12-1-13-28(19-9-7-18(26)8-10-19)22(29)15-2-5-17(25)6-3-15/h2-11,14,27H,1,12-13H2. The van der Waals surface area contributed by atoms with Gasteiger partial charge < -0.3 is 4.90 Å². The molecule has 1 N–H and O–H groups in total. The Morgan fingerprint density at radius 3 is 2.12 bits per heavy atom. The van der Waals surface area contributed by atoms with Crippen molar-refractivity contribution in [1.82, 2.24) is 4.72 Å². The van der Waals surface area contributed by atoms with Crippen LogP contribution >= 0.6 is 23.2 Å². The van der Waals surface area contributed by atoms with Gasteiger partial charge in [0.1, 0.15) is 16.5 Å². The zero-order chi connectivity index (χ0) is 23.3. The van der Waals surface area contributed by atoms with E-state index < -0.39 is 27.6 Å². The molecule has 0 aromatic heterocycles. The Kier molecular flexibility index (Phi) is 7.84. The van der Waals surface area contributed by atoms with Crippen LogP contribution in [0.3, 0.4) is 0 Å². The lowest BCUT2D eigenvalue weighted by molar-refractivity contribution is 0.0986. The predicted octanol–water partition coefficient (Wildman–Crippen LogP) is 5.29. The molecular weight excluding hydrogens is 481 g/mol. The molecule has 0 saturated carbocycles. The molecule has 32 heavy (non-hydrogen) atoms. The highest BCUT2D eigenvalue weighted by Crippen LogP contribution is 2.25. The molecule has 0 bridgehead atoms. The van der Waals surface area contributed by atoms with E-state index in [2.05, 4.69) is 4.72 Å². The Labute approximate surface area is 194 Å². The van der Waals surface area contributed by atoms with Crippen LogP contribution < -0.4 is 9.62 Å². The second-order valence-electron chi connectivity index (χ2n) is 6.77. The summed E-state index contributed by atoms with van der Waals surface area (Å²) < 4.78 is 54.1. The molecule has 3 aromatic carbocycles. The van der Waals surface area contributed by atoms with Gasteiger partial charge in [0.15, 0.2) is 0 Å². The third-order valence-corrected chi connectivity index (χ3v) is 6.69. The second-order valence-corrected chi connectivity index (χ2v) is 9.35. The lowest BCUT2D eigenvalue weighted by Crippen LogP contribution is -2.34. The summed E-state index contributed by atoms with van der Waals surface area (Å²) in [6.45, 7) is 0.118. The summed E-state index contributed by atoms with van der Waals surface area (Å²) in [6.07, 6.45) is 0.238. The number of carbonyl (C=O) groups is 1. The van der Waals surface area contributed by atoms with Gasteiger partial charge in [0, 0.05) is 29.4 Å². The number of nitrogens with one attached hydrogen (secondary N) is 1. The molecule has 0 aliphatic carbocycles. The third-order valence-electron chi connectivity index (χ3n) is 4.51. The molecular formula is C22H18Cl2F2N2O3S. The average molecular weight is 499 g/mol. The predicted molar refractivity (Wildman–Crippen MR) is 121 cm³/mol. The molecule has 0 unspecified atom stereocenters. The highest BCUT2D eigenvalue weighted by Gasteiger charge is 2.20. The van der Waals surface area contributed by atoms with Crippen molar-refractivity contribution in [2.45, 2.75) is 11.3 Å². The van der Waals surface area contributed by atoms with Gasteiger partial charge in [-0.2, -0.15) is 0 Å². The maximum atomic E-state index is 13.3. The van der Waals surface area contributed by atoms with Crippen molar-refractivity contribution >= 4 is 44.8 Å². The number of halogens is 4. The molecule has 0 heterocycles. The van der Waals surface area contributed by atoms with Crippen LogP contribution in [0.25, 0.3) is 0 Å². The minimum absolute atomic E-state index is 0.000429.